The van der Waals surface area contributed by atoms with Gasteiger partial charge in [0.15, 0.2) is 5.82 Å². The number of hydrogen-bond acceptors (Lipinski definition) is 4. The minimum atomic E-state index is -0.0642. The zero-order valence-corrected chi connectivity index (χ0v) is 13.6. The Hall–Kier alpha value is -1.92. The van der Waals surface area contributed by atoms with Gasteiger partial charge in [-0.15, -0.1) is 0 Å². The van der Waals surface area contributed by atoms with Crippen LogP contribution in [0.2, 0.25) is 5.02 Å². The number of halogens is 1. The lowest BCUT2D eigenvalue weighted by atomic mass is 10.1. The highest BCUT2D eigenvalue weighted by Gasteiger charge is 2.28. The Kier molecular flexibility index (Phi) is 4.93. The first kappa shape index (κ1) is 16.0. The van der Waals surface area contributed by atoms with Crippen LogP contribution in [0.5, 0.6) is 0 Å². The smallest absolute Gasteiger partial charge is 0.224 e. The van der Waals surface area contributed by atoms with Crippen molar-refractivity contribution in [2.24, 2.45) is 0 Å². The Morgan fingerprint density at radius 1 is 1.48 bits per heavy atom. The van der Waals surface area contributed by atoms with E-state index in [0.717, 1.165) is 29.8 Å². The van der Waals surface area contributed by atoms with E-state index in [0.29, 0.717) is 11.6 Å². The molecule has 1 aliphatic heterocycles. The van der Waals surface area contributed by atoms with Crippen molar-refractivity contribution >= 4 is 17.5 Å². The standard InChI is InChI=1S/C16H19ClN4O2/c1-10-3-2-4-11(15(10)17)7-14(22)18-8-12-5-6-13(23-12)16-19-9-20-21-16/h2-4,9,12-13H,5-8H2,1H3,(H,18,22)(H,19,20,21)/t12-,13+/m1/s1. The van der Waals surface area contributed by atoms with Crippen LogP contribution in [-0.4, -0.2) is 33.7 Å². The quantitative estimate of drug-likeness (QED) is 0.879. The summed E-state index contributed by atoms with van der Waals surface area (Å²) < 4.78 is 5.87. The molecule has 0 unspecified atom stereocenters. The average molecular weight is 335 g/mol. The lowest BCUT2D eigenvalue weighted by molar-refractivity contribution is -0.121. The highest BCUT2D eigenvalue weighted by atomic mass is 35.5. The zero-order chi connectivity index (χ0) is 16.2. The summed E-state index contributed by atoms with van der Waals surface area (Å²) >= 11 is 6.22. The molecule has 0 saturated carbocycles. The topological polar surface area (TPSA) is 79.9 Å². The maximum Gasteiger partial charge on any atom is 0.224 e. The molecule has 1 aromatic heterocycles. The average Bonchev–Trinajstić information content (AvgIpc) is 3.20. The Morgan fingerprint density at radius 3 is 3.13 bits per heavy atom. The zero-order valence-electron chi connectivity index (χ0n) is 12.9. The molecule has 0 aliphatic carbocycles. The van der Waals surface area contributed by atoms with Gasteiger partial charge in [-0.2, -0.15) is 5.10 Å². The van der Waals surface area contributed by atoms with Crippen molar-refractivity contribution in [3.8, 4) is 0 Å². The minimum Gasteiger partial charge on any atom is -0.365 e. The molecule has 1 aromatic carbocycles. The summed E-state index contributed by atoms with van der Waals surface area (Å²) in [5.74, 6) is 0.689. The molecule has 7 heteroatoms. The normalized spacial score (nSPS) is 20.6. The van der Waals surface area contributed by atoms with Gasteiger partial charge in [0.05, 0.1) is 12.5 Å². The van der Waals surface area contributed by atoms with Gasteiger partial charge in [-0.05, 0) is 30.9 Å². The summed E-state index contributed by atoms with van der Waals surface area (Å²) in [7, 11) is 0. The van der Waals surface area contributed by atoms with Gasteiger partial charge in [-0.3, -0.25) is 9.89 Å². The van der Waals surface area contributed by atoms with Crippen molar-refractivity contribution in [1.82, 2.24) is 20.5 Å². The molecule has 2 N–H and O–H groups in total. The molecule has 1 fully saturated rings. The van der Waals surface area contributed by atoms with Gasteiger partial charge < -0.3 is 10.1 Å². The van der Waals surface area contributed by atoms with Gasteiger partial charge in [0, 0.05) is 11.6 Å². The van der Waals surface area contributed by atoms with Crippen LogP contribution < -0.4 is 5.32 Å². The van der Waals surface area contributed by atoms with E-state index in [2.05, 4.69) is 20.5 Å². The molecule has 0 radical (unpaired) electrons. The van der Waals surface area contributed by atoms with E-state index < -0.39 is 0 Å². The maximum atomic E-state index is 12.1. The van der Waals surface area contributed by atoms with E-state index in [1.807, 2.05) is 25.1 Å². The van der Waals surface area contributed by atoms with Crippen molar-refractivity contribution in [2.45, 2.75) is 38.4 Å². The van der Waals surface area contributed by atoms with Crippen molar-refractivity contribution in [3.05, 3.63) is 46.5 Å². The summed E-state index contributed by atoms with van der Waals surface area (Å²) in [6, 6.07) is 5.71. The molecular weight excluding hydrogens is 316 g/mol. The first-order chi connectivity index (χ1) is 11.1. The van der Waals surface area contributed by atoms with Crippen LogP contribution in [0, 0.1) is 6.92 Å². The number of rotatable bonds is 5. The monoisotopic (exact) mass is 334 g/mol. The predicted octanol–water partition coefficient (Wildman–Crippen LogP) is 2.35. The molecule has 23 heavy (non-hydrogen) atoms. The number of ether oxygens (including phenoxy) is 1. The molecule has 122 valence electrons. The van der Waals surface area contributed by atoms with Crippen molar-refractivity contribution in [2.75, 3.05) is 6.54 Å². The fourth-order valence-corrected chi connectivity index (χ4v) is 2.93. The molecule has 0 bridgehead atoms. The van der Waals surface area contributed by atoms with Gasteiger partial charge in [-0.25, -0.2) is 4.98 Å². The minimum absolute atomic E-state index is 0.00188. The number of amides is 1. The molecule has 3 rings (SSSR count). The van der Waals surface area contributed by atoms with Gasteiger partial charge in [-0.1, -0.05) is 29.8 Å². The van der Waals surface area contributed by atoms with Crippen LogP contribution in [0.15, 0.2) is 24.5 Å². The lowest BCUT2D eigenvalue weighted by Crippen LogP contribution is -2.33. The largest absolute Gasteiger partial charge is 0.365 e. The van der Waals surface area contributed by atoms with Crippen LogP contribution >= 0.6 is 11.6 Å². The van der Waals surface area contributed by atoms with Gasteiger partial charge >= 0.3 is 0 Å². The summed E-state index contributed by atoms with van der Waals surface area (Å²) in [5.41, 5.74) is 1.82. The summed E-state index contributed by atoms with van der Waals surface area (Å²) in [4.78, 5) is 16.2. The molecule has 0 spiro atoms. The number of nitrogens with zero attached hydrogens (tertiary/aromatic N) is 2. The second kappa shape index (κ2) is 7.10. The third kappa shape index (κ3) is 3.89. The molecule has 2 heterocycles. The summed E-state index contributed by atoms with van der Waals surface area (Å²) in [6.07, 6.45) is 3.45. The number of aryl methyl sites for hydroxylation is 1. The molecular formula is C16H19ClN4O2. The van der Waals surface area contributed by atoms with E-state index >= 15 is 0 Å². The first-order valence-electron chi connectivity index (χ1n) is 7.65. The van der Waals surface area contributed by atoms with Crippen molar-refractivity contribution in [3.63, 3.8) is 0 Å². The van der Waals surface area contributed by atoms with Gasteiger partial charge in [0.25, 0.3) is 0 Å². The Bertz CT molecular complexity index is 675. The van der Waals surface area contributed by atoms with E-state index in [1.54, 1.807) is 0 Å². The molecule has 1 saturated heterocycles. The van der Waals surface area contributed by atoms with Crippen LogP contribution in [0.4, 0.5) is 0 Å². The van der Waals surface area contributed by atoms with E-state index in [9.17, 15) is 4.79 Å². The van der Waals surface area contributed by atoms with Gasteiger partial charge in [0.2, 0.25) is 5.91 Å². The fourth-order valence-electron chi connectivity index (χ4n) is 2.73. The predicted molar refractivity (Wildman–Crippen MR) is 86.1 cm³/mol. The third-order valence-electron chi connectivity index (χ3n) is 4.00. The van der Waals surface area contributed by atoms with Crippen LogP contribution in [0.1, 0.15) is 35.9 Å². The maximum absolute atomic E-state index is 12.1. The van der Waals surface area contributed by atoms with E-state index in [1.165, 1.54) is 6.33 Å². The second-order valence-corrected chi connectivity index (χ2v) is 6.10. The number of benzene rings is 1. The number of H-pyrrole nitrogens is 1. The summed E-state index contributed by atoms with van der Waals surface area (Å²) in [6.45, 7) is 2.42. The van der Waals surface area contributed by atoms with E-state index in [4.69, 9.17) is 16.3 Å². The molecule has 2 atom stereocenters. The highest BCUT2D eigenvalue weighted by Crippen LogP contribution is 2.30. The number of carbonyl (C=O) groups is 1. The Labute approximate surface area is 139 Å². The highest BCUT2D eigenvalue weighted by molar-refractivity contribution is 6.32. The van der Waals surface area contributed by atoms with Crippen molar-refractivity contribution < 1.29 is 9.53 Å². The lowest BCUT2D eigenvalue weighted by Gasteiger charge is -2.13. The second-order valence-electron chi connectivity index (χ2n) is 5.72. The van der Waals surface area contributed by atoms with Crippen LogP contribution in [0.25, 0.3) is 0 Å². The van der Waals surface area contributed by atoms with Gasteiger partial charge in [0.1, 0.15) is 12.4 Å². The Balaban J connectivity index is 1.47. The number of nitrogens with one attached hydrogen (secondary N) is 2. The molecule has 1 amide bonds. The van der Waals surface area contributed by atoms with E-state index in [-0.39, 0.29) is 24.5 Å². The van der Waals surface area contributed by atoms with Crippen LogP contribution in [0.3, 0.4) is 0 Å². The SMILES string of the molecule is Cc1cccc(CC(=O)NC[C@H]2CC[C@@H](c3ncn[nH]3)O2)c1Cl. The first-order valence-corrected chi connectivity index (χ1v) is 8.02. The number of aromatic amines is 1. The van der Waals surface area contributed by atoms with Crippen LogP contribution in [-0.2, 0) is 16.0 Å². The Morgan fingerprint density at radius 2 is 2.35 bits per heavy atom. The fraction of sp³-hybridized carbons (Fsp3) is 0.438. The number of aromatic nitrogens is 3. The molecule has 1 aliphatic rings. The van der Waals surface area contributed by atoms with Crippen molar-refractivity contribution in [1.29, 1.82) is 0 Å². The third-order valence-corrected chi connectivity index (χ3v) is 4.54. The molecule has 6 nitrogen and oxygen atoms in total. The number of hydrogen-bond donors (Lipinski definition) is 2. The number of carbonyl (C=O) groups excluding carboxylic acids is 1. The summed E-state index contributed by atoms with van der Waals surface area (Å²) in [5, 5.41) is 10.2. The molecule has 2 aromatic rings.